The van der Waals surface area contributed by atoms with Crippen molar-refractivity contribution in [2.75, 3.05) is 29.9 Å². The smallest absolute Gasteiger partial charge is 0.231 e. The van der Waals surface area contributed by atoms with E-state index in [1.165, 1.54) is 37.7 Å². The Morgan fingerprint density at radius 2 is 2.00 bits per heavy atom. The van der Waals surface area contributed by atoms with E-state index in [0.717, 1.165) is 49.0 Å². The van der Waals surface area contributed by atoms with Gasteiger partial charge in [-0.3, -0.25) is 0 Å². The standard InChI is InChI=1S/C25H34ClN5S/c1-18-8-7-13-31(16-18)22-14-19(2)28-23(29-22)30-24(32)27-17-25(11-4-3-5-12-25)20-9-6-10-21(26)15-20/h6,9-10,14-15,18H,3-5,7-8,11-13,16-17H2,1-2H3,(H2,27,28,29,30,32)/t18-/m0/s1. The van der Waals surface area contributed by atoms with Gasteiger partial charge < -0.3 is 15.5 Å². The summed E-state index contributed by atoms with van der Waals surface area (Å²) in [4.78, 5) is 11.7. The molecule has 1 saturated carbocycles. The molecule has 0 amide bonds. The predicted molar refractivity (Wildman–Crippen MR) is 138 cm³/mol. The second kappa shape index (κ2) is 10.3. The molecule has 1 aliphatic heterocycles. The average Bonchev–Trinajstić information content (AvgIpc) is 2.78. The lowest BCUT2D eigenvalue weighted by molar-refractivity contribution is 0.292. The topological polar surface area (TPSA) is 53.1 Å². The van der Waals surface area contributed by atoms with Gasteiger partial charge in [0.2, 0.25) is 5.95 Å². The van der Waals surface area contributed by atoms with E-state index in [0.29, 0.717) is 17.0 Å². The molecule has 2 N–H and O–H groups in total. The van der Waals surface area contributed by atoms with Gasteiger partial charge in [0.1, 0.15) is 5.82 Å². The first kappa shape index (κ1) is 23.2. The first-order chi connectivity index (χ1) is 15.4. The van der Waals surface area contributed by atoms with Gasteiger partial charge in [-0.15, -0.1) is 0 Å². The second-order valence-electron chi connectivity index (χ2n) is 9.54. The minimum Gasteiger partial charge on any atom is -0.361 e. The molecule has 2 heterocycles. The lowest BCUT2D eigenvalue weighted by atomic mass is 9.69. The van der Waals surface area contributed by atoms with E-state index in [1.54, 1.807) is 0 Å². The van der Waals surface area contributed by atoms with Gasteiger partial charge in [0, 0.05) is 41.8 Å². The maximum Gasteiger partial charge on any atom is 0.231 e. The van der Waals surface area contributed by atoms with E-state index in [-0.39, 0.29) is 5.41 Å². The summed E-state index contributed by atoms with van der Waals surface area (Å²) in [5.41, 5.74) is 2.30. The molecule has 2 fully saturated rings. The Bertz CT molecular complexity index is 944. The lowest BCUT2D eigenvalue weighted by Gasteiger charge is -2.38. The highest BCUT2D eigenvalue weighted by atomic mass is 35.5. The molecular formula is C25H34ClN5S. The number of benzene rings is 1. The molecule has 5 nitrogen and oxygen atoms in total. The number of thiocarbonyl (C=S) groups is 1. The molecule has 0 unspecified atom stereocenters. The molecule has 0 radical (unpaired) electrons. The van der Waals surface area contributed by atoms with Gasteiger partial charge in [-0.2, -0.15) is 4.98 Å². The van der Waals surface area contributed by atoms with Crippen LogP contribution >= 0.6 is 23.8 Å². The molecule has 7 heteroatoms. The van der Waals surface area contributed by atoms with Gasteiger partial charge in [-0.25, -0.2) is 4.98 Å². The number of aromatic nitrogens is 2. The number of halogens is 1. The van der Waals surface area contributed by atoms with Crippen LogP contribution in [0.5, 0.6) is 0 Å². The Balaban J connectivity index is 1.44. The van der Waals surface area contributed by atoms with Crippen molar-refractivity contribution in [1.29, 1.82) is 0 Å². The molecule has 1 aromatic heterocycles. The van der Waals surface area contributed by atoms with Crippen LogP contribution in [-0.2, 0) is 5.41 Å². The summed E-state index contributed by atoms with van der Waals surface area (Å²) in [5, 5.41) is 8.07. The lowest BCUT2D eigenvalue weighted by Crippen LogP contribution is -2.43. The van der Waals surface area contributed by atoms with Crippen LogP contribution < -0.4 is 15.5 Å². The molecule has 1 aliphatic carbocycles. The Kier molecular flexibility index (Phi) is 7.51. The summed E-state index contributed by atoms with van der Waals surface area (Å²) in [7, 11) is 0. The van der Waals surface area contributed by atoms with E-state index >= 15 is 0 Å². The average molecular weight is 472 g/mol. The Labute approximate surface area is 202 Å². The molecule has 172 valence electrons. The predicted octanol–water partition coefficient (Wildman–Crippen LogP) is 5.86. The summed E-state index contributed by atoms with van der Waals surface area (Å²) in [6, 6.07) is 10.4. The number of hydrogen-bond acceptors (Lipinski definition) is 4. The molecular weight excluding hydrogens is 438 g/mol. The van der Waals surface area contributed by atoms with Crippen LogP contribution in [0.3, 0.4) is 0 Å². The van der Waals surface area contributed by atoms with Crippen LogP contribution in [0.4, 0.5) is 11.8 Å². The van der Waals surface area contributed by atoms with Crippen LogP contribution in [0, 0.1) is 12.8 Å². The van der Waals surface area contributed by atoms with E-state index in [2.05, 4.69) is 45.6 Å². The highest BCUT2D eigenvalue weighted by molar-refractivity contribution is 7.80. The van der Waals surface area contributed by atoms with E-state index in [4.69, 9.17) is 28.8 Å². The van der Waals surface area contributed by atoms with Crippen LogP contribution in [0.2, 0.25) is 5.02 Å². The summed E-state index contributed by atoms with van der Waals surface area (Å²) < 4.78 is 0. The Morgan fingerprint density at radius 1 is 1.19 bits per heavy atom. The van der Waals surface area contributed by atoms with Gasteiger partial charge in [0.25, 0.3) is 0 Å². The van der Waals surface area contributed by atoms with Gasteiger partial charge >= 0.3 is 0 Å². The van der Waals surface area contributed by atoms with Crippen molar-refractivity contribution in [1.82, 2.24) is 15.3 Å². The van der Waals surface area contributed by atoms with Crippen LogP contribution in [0.15, 0.2) is 30.3 Å². The fourth-order valence-electron chi connectivity index (χ4n) is 5.18. The third-order valence-corrected chi connectivity index (χ3v) is 7.36. The number of nitrogens with one attached hydrogen (secondary N) is 2. The second-order valence-corrected chi connectivity index (χ2v) is 10.4. The molecule has 2 aromatic rings. The summed E-state index contributed by atoms with van der Waals surface area (Å²) in [6.07, 6.45) is 8.52. The normalized spacial score (nSPS) is 20.6. The number of rotatable bonds is 5. The van der Waals surface area contributed by atoms with Crippen molar-refractivity contribution in [3.8, 4) is 0 Å². The zero-order chi connectivity index (χ0) is 22.6. The van der Waals surface area contributed by atoms with Gasteiger partial charge in [0.15, 0.2) is 5.11 Å². The van der Waals surface area contributed by atoms with Crippen LogP contribution in [0.25, 0.3) is 0 Å². The summed E-state index contributed by atoms with van der Waals surface area (Å²) in [5.74, 6) is 2.24. The maximum absolute atomic E-state index is 6.32. The molecule has 4 rings (SSSR count). The molecule has 0 spiro atoms. The first-order valence-electron chi connectivity index (χ1n) is 11.9. The van der Waals surface area contributed by atoms with Gasteiger partial charge in [-0.1, -0.05) is 49.9 Å². The monoisotopic (exact) mass is 471 g/mol. The van der Waals surface area contributed by atoms with Crippen molar-refractivity contribution >= 4 is 40.7 Å². The largest absolute Gasteiger partial charge is 0.361 e. The van der Waals surface area contributed by atoms with Crippen molar-refractivity contribution in [2.45, 2.75) is 64.2 Å². The number of hydrogen-bond donors (Lipinski definition) is 2. The third-order valence-electron chi connectivity index (χ3n) is 6.88. The summed E-state index contributed by atoms with van der Waals surface area (Å²) in [6.45, 7) is 7.18. The van der Waals surface area contributed by atoms with Crippen molar-refractivity contribution in [3.05, 3.63) is 46.6 Å². The maximum atomic E-state index is 6.32. The van der Waals surface area contributed by atoms with E-state index in [9.17, 15) is 0 Å². The highest BCUT2D eigenvalue weighted by Gasteiger charge is 2.34. The quantitative estimate of drug-likeness (QED) is 0.532. The number of anilines is 2. The fraction of sp³-hybridized carbons (Fsp3) is 0.560. The Morgan fingerprint density at radius 3 is 2.75 bits per heavy atom. The molecule has 1 aromatic carbocycles. The highest BCUT2D eigenvalue weighted by Crippen LogP contribution is 2.39. The van der Waals surface area contributed by atoms with Crippen molar-refractivity contribution in [3.63, 3.8) is 0 Å². The fourth-order valence-corrected chi connectivity index (χ4v) is 5.53. The van der Waals surface area contributed by atoms with E-state index < -0.39 is 0 Å². The SMILES string of the molecule is Cc1cc(N2CCC[C@H](C)C2)nc(NC(=S)NCC2(c3cccc(Cl)c3)CCCCC2)n1. The molecule has 32 heavy (non-hydrogen) atoms. The molecule has 1 atom stereocenters. The number of piperidine rings is 1. The minimum absolute atomic E-state index is 0.0530. The summed E-state index contributed by atoms with van der Waals surface area (Å²) >= 11 is 12.0. The van der Waals surface area contributed by atoms with Crippen LogP contribution in [-0.4, -0.2) is 34.7 Å². The Hall–Kier alpha value is -1.92. The van der Waals surface area contributed by atoms with E-state index in [1.807, 2.05) is 19.1 Å². The van der Waals surface area contributed by atoms with Crippen molar-refractivity contribution in [2.24, 2.45) is 5.92 Å². The number of aryl methyl sites for hydroxylation is 1. The molecule has 2 aliphatic rings. The van der Waals surface area contributed by atoms with Crippen molar-refractivity contribution < 1.29 is 0 Å². The number of nitrogens with zero attached hydrogens (tertiary/aromatic N) is 3. The first-order valence-corrected chi connectivity index (χ1v) is 12.6. The zero-order valence-corrected chi connectivity index (χ0v) is 20.7. The van der Waals surface area contributed by atoms with Gasteiger partial charge in [0.05, 0.1) is 0 Å². The third kappa shape index (κ3) is 5.70. The molecule has 0 bridgehead atoms. The zero-order valence-electron chi connectivity index (χ0n) is 19.2. The minimum atomic E-state index is 0.0530. The van der Waals surface area contributed by atoms with Crippen LogP contribution in [0.1, 0.15) is 63.1 Å². The molecule has 1 saturated heterocycles. The van der Waals surface area contributed by atoms with Gasteiger partial charge in [-0.05, 0) is 68.4 Å².